The highest BCUT2D eigenvalue weighted by Crippen LogP contribution is 2.15. The third-order valence-corrected chi connectivity index (χ3v) is 2.88. The lowest BCUT2D eigenvalue weighted by molar-refractivity contribution is -0.115. The molecule has 19 heavy (non-hydrogen) atoms. The third-order valence-electron chi connectivity index (χ3n) is 2.68. The maximum Gasteiger partial charge on any atom is 0.273 e. The lowest BCUT2D eigenvalue weighted by Crippen LogP contribution is -2.21. The zero-order valence-electron chi connectivity index (χ0n) is 10.7. The molecule has 0 spiro atoms. The Labute approximate surface area is 117 Å². The van der Waals surface area contributed by atoms with Crippen molar-refractivity contribution in [3.63, 3.8) is 0 Å². The number of rotatable bonds is 5. The van der Waals surface area contributed by atoms with Crippen LogP contribution in [0.15, 0.2) is 30.0 Å². The zero-order valence-corrected chi connectivity index (χ0v) is 11.5. The molecule has 5 heteroatoms. The Balaban J connectivity index is 2.00. The van der Waals surface area contributed by atoms with Gasteiger partial charge in [0.05, 0.1) is 6.61 Å². The van der Waals surface area contributed by atoms with E-state index in [0.29, 0.717) is 10.8 Å². The van der Waals surface area contributed by atoms with Crippen molar-refractivity contribution in [3.8, 4) is 5.75 Å². The minimum absolute atomic E-state index is 0.201. The molecule has 0 atom stereocenters. The largest absolute Gasteiger partial charge is 0.494 e. The standard InChI is InChI=1S/C14H16N2O2S/c1-2-3-8-18-11-6-4-10(5-7-11)9-12-13(17)16-14(19)15-12/h4-7,9H,2-3,8H2,1H3,(H2,15,16,17,19)/b12-9-. The summed E-state index contributed by atoms with van der Waals surface area (Å²) in [5.41, 5.74) is 1.38. The van der Waals surface area contributed by atoms with E-state index in [1.807, 2.05) is 24.3 Å². The van der Waals surface area contributed by atoms with Crippen molar-refractivity contribution in [1.82, 2.24) is 10.6 Å². The minimum atomic E-state index is -0.201. The SMILES string of the molecule is CCCCOc1ccc(/C=C2\NC(=S)NC2=O)cc1. The van der Waals surface area contributed by atoms with Gasteiger partial charge in [-0.05, 0) is 42.4 Å². The number of thiocarbonyl (C=S) groups is 1. The highest BCUT2D eigenvalue weighted by Gasteiger charge is 2.19. The number of nitrogens with one attached hydrogen (secondary N) is 2. The Kier molecular flexibility index (Phi) is 4.52. The summed E-state index contributed by atoms with van der Waals surface area (Å²) < 4.78 is 5.57. The fraction of sp³-hybridized carbons (Fsp3) is 0.286. The molecule has 1 aromatic carbocycles. The molecule has 0 aliphatic carbocycles. The van der Waals surface area contributed by atoms with Gasteiger partial charge in [-0.3, -0.25) is 10.1 Å². The molecule has 1 aliphatic rings. The van der Waals surface area contributed by atoms with Gasteiger partial charge in [-0.2, -0.15) is 0 Å². The molecule has 1 fully saturated rings. The Morgan fingerprint density at radius 2 is 2.00 bits per heavy atom. The summed E-state index contributed by atoms with van der Waals surface area (Å²) in [6.07, 6.45) is 3.92. The number of carbonyl (C=O) groups excluding carboxylic acids is 1. The van der Waals surface area contributed by atoms with Crippen molar-refractivity contribution in [1.29, 1.82) is 0 Å². The molecule has 100 valence electrons. The molecule has 1 saturated heterocycles. The van der Waals surface area contributed by atoms with Crippen LogP contribution < -0.4 is 15.4 Å². The first kappa shape index (κ1) is 13.5. The van der Waals surface area contributed by atoms with Crippen LogP contribution in [0, 0.1) is 0 Å². The van der Waals surface area contributed by atoms with E-state index in [2.05, 4.69) is 17.6 Å². The average molecular weight is 276 g/mol. The summed E-state index contributed by atoms with van der Waals surface area (Å²) in [6.45, 7) is 2.86. The van der Waals surface area contributed by atoms with E-state index in [1.54, 1.807) is 6.08 Å². The third kappa shape index (κ3) is 3.79. The summed E-state index contributed by atoms with van der Waals surface area (Å²) in [4.78, 5) is 11.5. The maximum absolute atomic E-state index is 11.5. The first-order chi connectivity index (χ1) is 9.19. The second-order valence-electron chi connectivity index (χ2n) is 4.24. The average Bonchev–Trinajstić information content (AvgIpc) is 2.70. The lowest BCUT2D eigenvalue weighted by atomic mass is 10.2. The number of hydrogen-bond donors (Lipinski definition) is 2. The van der Waals surface area contributed by atoms with Gasteiger partial charge in [0.2, 0.25) is 0 Å². The fourth-order valence-electron chi connectivity index (χ4n) is 1.64. The molecule has 0 aromatic heterocycles. The van der Waals surface area contributed by atoms with Gasteiger partial charge in [0, 0.05) is 0 Å². The molecule has 1 heterocycles. The first-order valence-corrected chi connectivity index (χ1v) is 6.67. The van der Waals surface area contributed by atoms with Crippen molar-refractivity contribution in [2.75, 3.05) is 6.61 Å². The van der Waals surface area contributed by atoms with Crippen LogP contribution in [0.25, 0.3) is 6.08 Å². The Morgan fingerprint density at radius 1 is 1.26 bits per heavy atom. The normalized spacial score (nSPS) is 16.4. The molecule has 0 unspecified atom stereocenters. The Morgan fingerprint density at radius 3 is 2.58 bits per heavy atom. The molecule has 4 nitrogen and oxygen atoms in total. The van der Waals surface area contributed by atoms with Crippen molar-refractivity contribution >= 4 is 29.3 Å². The quantitative estimate of drug-likeness (QED) is 0.492. The molecular weight excluding hydrogens is 260 g/mol. The molecule has 0 radical (unpaired) electrons. The van der Waals surface area contributed by atoms with Crippen LogP contribution in [-0.4, -0.2) is 17.6 Å². The van der Waals surface area contributed by atoms with Crippen LogP contribution in [-0.2, 0) is 4.79 Å². The van der Waals surface area contributed by atoms with Crippen molar-refractivity contribution in [3.05, 3.63) is 35.5 Å². The Hall–Kier alpha value is -1.88. The summed E-state index contributed by atoms with van der Waals surface area (Å²) >= 11 is 4.87. The summed E-state index contributed by atoms with van der Waals surface area (Å²) in [6, 6.07) is 7.61. The van der Waals surface area contributed by atoms with Crippen molar-refractivity contribution in [2.24, 2.45) is 0 Å². The van der Waals surface area contributed by atoms with E-state index in [9.17, 15) is 4.79 Å². The smallest absolute Gasteiger partial charge is 0.273 e. The molecule has 0 bridgehead atoms. The molecule has 2 N–H and O–H groups in total. The summed E-state index contributed by atoms with van der Waals surface area (Å²) in [5.74, 6) is 0.642. The van der Waals surface area contributed by atoms with E-state index in [4.69, 9.17) is 17.0 Å². The molecular formula is C14H16N2O2S. The molecule has 2 rings (SSSR count). The number of ether oxygens (including phenoxy) is 1. The van der Waals surface area contributed by atoms with Crippen LogP contribution in [0.2, 0.25) is 0 Å². The topological polar surface area (TPSA) is 50.4 Å². The van der Waals surface area contributed by atoms with Crippen LogP contribution in [0.4, 0.5) is 0 Å². The van der Waals surface area contributed by atoms with Crippen molar-refractivity contribution in [2.45, 2.75) is 19.8 Å². The van der Waals surface area contributed by atoms with Gasteiger partial charge in [0.15, 0.2) is 5.11 Å². The van der Waals surface area contributed by atoms with Gasteiger partial charge in [0.1, 0.15) is 11.4 Å². The summed E-state index contributed by atoms with van der Waals surface area (Å²) in [7, 11) is 0. The van der Waals surface area contributed by atoms with Crippen LogP contribution in [0.1, 0.15) is 25.3 Å². The van der Waals surface area contributed by atoms with Crippen molar-refractivity contribution < 1.29 is 9.53 Å². The van der Waals surface area contributed by atoms with Crippen LogP contribution in [0.3, 0.4) is 0 Å². The Bertz CT molecular complexity index is 509. The van der Waals surface area contributed by atoms with E-state index in [1.165, 1.54) is 0 Å². The van der Waals surface area contributed by atoms with Gasteiger partial charge < -0.3 is 10.1 Å². The molecule has 1 amide bonds. The van der Waals surface area contributed by atoms with E-state index in [0.717, 1.165) is 30.8 Å². The van der Waals surface area contributed by atoms with E-state index >= 15 is 0 Å². The number of unbranched alkanes of at least 4 members (excludes halogenated alkanes) is 1. The minimum Gasteiger partial charge on any atom is -0.494 e. The lowest BCUT2D eigenvalue weighted by Gasteiger charge is -2.05. The van der Waals surface area contributed by atoms with E-state index in [-0.39, 0.29) is 5.91 Å². The van der Waals surface area contributed by atoms with E-state index < -0.39 is 0 Å². The second-order valence-corrected chi connectivity index (χ2v) is 4.65. The highest BCUT2D eigenvalue weighted by molar-refractivity contribution is 7.80. The molecule has 1 aliphatic heterocycles. The van der Waals surface area contributed by atoms with Gasteiger partial charge in [-0.25, -0.2) is 0 Å². The van der Waals surface area contributed by atoms with Gasteiger partial charge >= 0.3 is 0 Å². The molecule has 0 saturated carbocycles. The monoisotopic (exact) mass is 276 g/mol. The number of benzene rings is 1. The molecule has 1 aromatic rings. The predicted octanol–water partition coefficient (Wildman–Crippen LogP) is 2.21. The number of carbonyl (C=O) groups is 1. The maximum atomic E-state index is 11.5. The zero-order chi connectivity index (χ0) is 13.7. The summed E-state index contributed by atoms with van der Waals surface area (Å²) in [5, 5.41) is 5.67. The van der Waals surface area contributed by atoms with Crippen LogP contribution in [0.5, 0.6) is 5.75 Å². The number of amides is 1. The van der Waals surface area contributed by atoms with Gasteiger partial charge in [-0.1, -0.05) is 25.5 Å². The predicted molar refractivity (Wildman–Crippen MR) is 78.7 cm³/mol. The van der Waals surface area contributed by atoms with Gasteiger partial charge in [0.25, 0.3) is 5.91 Å². The second kappa shape index (κ2) is 6.33. The van der Waals surface area contributed by atoms with Gasteiger partial charge in [-0.15, -0.1) is 0 Å². The fourth-order valence-corrected chi connectivity index (χ4v) is 1.85. The highest BCUT2D eigenvalue weighted by atomic mass is 32.1. The number of hydrogen-bond acceptors (Lipinski definition) is 3. The first-order valence-electron chi connectivity index (χ1n) is 6.26. The van der Waals surface area contributed by atoms with Crippen LogP contribution >= 0.6 is 12.2 Å².